The Morgan fingerprint density at radius 1 is 1.30 bits per heavy atom. The summed E-state index contributed by atoms with van der Waals surface area (Å²) in [5.41, 5.74) is 0.0422. The van der Waals surface area contributed by atoms with E-state index in [1.54, 1.807) is 0 Å². The van der Waals surface area contributed by atoms with Gasteiger partial charge in [-0.05, 0) is 37.8 Å². The van der Waals surface area contributed by atoms with Gasteiger partial charge in [-0.15, -0.1) is 0 Å². The van der Waals surface area contributed by atoms with Gasteiger partial charge >= 0.3 is 5.97 Å². The van der Waals surface area contributed by atoms with Crippen molar-refractivity contribution in [2.24, 2.45) is 22.7 Å². The topological polar surface area (TPSA) is 51.7 Å². The maximum Gasteiger partial charge on any atom is 0.341 e. The first-order chi connectivity index (χ1) is 14.3. The molecule has 1 aromatic heterocycles. The maximum atomic E-state index is 12.9. The predicted molar refractivity (Wildman–Crippen MR) is 117 cm³/mol. The number of likely N-dealkylation sites (tertiary alicyclic amines) is 1. The lowest BCUT2D eigenvalue weighted by Gasteiger charge is -2.23. The second-order valence-corrected chi connectivity index (χ2v) is 10.1. The van der Waals surface area contributed by atoms with Crippen LogP contribution in [0.15, 0.2) is 6.20 Å². The molecule has 2 fully saturated rings. The summed E-state index contributed by atoms with van der Waals surface area (Å²) in [6, 6.07) is 0. The summed E-state index contributed by atoms with van der Waals surface area (Å²) in [4.78, 5) is 19.4. The second kappa shape index (κ2) is 8.22. The van der Waals surface area contributed by atoms with E-state index in [4.69, 9.17) is 32.7 Å². The third-order valence-electron chi connectivity index (χ3n) is 7.07. The molecule has 4 rings (SSSR count). The normalized spacial score (nSPS) is 29.0. The first-order valence-corrected chi connectivity index (χ1v) is 11.4. The molecule has 0 amide bonds. The van der Waals surface area contributed by atoms with Gasteiger partial charge in [0.05, 0.1) is 17.8 Å². The Bertz CT molecular complexity index is 902. The van der Waals surface area contributed by atoms with Gasteiger partial charge in [0.1, 0.15) is 17.2 Å². The Balaban J connectivity index is 1.42. The molecule has 5 nitrogen and oxygen atoms in total. The lowest BCUT2D eigenvalue weighted by molar-refractivity contribution is 0.0353. The van der Waals surface area contributed by atoms with Gasteiger partial charge in [-0.1, -0.05) is 55.8 Å². The Labute approximate surface area is 188 Å². The van der Waals surface area contributed by atoms with Crippen LogP contribution in [0.25, 0.3) is 0 Å². The van der Waals surface area contributed by atoms with Crippen LogP contribution in [0, 0.1) is 34.5 Å². The lowest BCUT2D eigenvalue weighted by Crippen LogP contribution is -2.25. The van der Waals surface area contributed by atoms with Crippen molar-refractivity contribution in [2.45, 2.75) is 40.0 Å². The quantitative estimate of drug-likeness (QED) is 0.444. The monoisotopic (exact) mass is 450 g/mol. The average molecular weight is 451 g/mol. The molecule has 30 heavy (non-hydrogen) atoms. The Morgan fingerprint density at radius 2 is 2.03 bits per heavy atom. The van der Waals surface area contributed by atoms with Crippen LogP contribution in [0.2, 0.25) is 10.0 Å². The number of nitrogens with zero attached hydrogens (tertiary/aromatic N) is 2. The minimum absolute atomic E-state index is 0.0285. The van der Waals surface area contributed by atoms with Crippen molar-refractivity contribution in [3.63, 3.8) is 0 Å². The van der Waals surface area contributed by atoms with Crippen LogP contribution < -0.4 is 4.74 Å². The van der Waals surface area contributed by atoms with Crippen LogP contribution in [-0.4, -0.2) is 48.7 Å². The average Bonchev–Trinajstić information content (AvgIpc) is 3.03. The zero-order valence-electron chi connectivity index (χ0n) is 17.8. The highest BCUT2D eigenvalue weighted by atomic mass is 35.5. The molecule has 162 valence electrons. The molecule has 0 radical (unpaired) electrons. The minimum Gasteiger partial charge on any atom is -0.475 e. The number of pyridine rings is 1. The van der Waals surface area contributed by atoms with Crippen LogP contribution in [0.4, 0.5) is 0 Å². The number of hydrogen-bond donors (Lipinski definition) is 0. The molecular formula is C23H28Cl2N2O3. The molecule has 1 saturated carbocycles. The molecule has 1 saturated heterocycles. The molecule has 3 atom stereocenters. The number of carbonyl (C=O) groups is 1. The Morgan fingerprint density at radius 3 is 2.77 bits per heavy atom. The molecule has 7 heteroatoms. The fourth-order valence-electron chi connectivity index (χ4n) is 5.07. The van der Waals surface area contributed by atoms with Gasteiger partial charge in [-0.25, -0.2) is 9.78 Å². The molecule has 3 unspecified atom stereocenters. The second-order valence-electron chi connectivity index (χ2n) is 9.28. The van der Waals surface area contributed by atoms with E-state index in [0.717, 1.165) is 26.1 Å². The fraction of sp³-hybridized carbons (Fsp3) is 0.652. The van der Waals surface area contributed by atoms with E-state index in [-0.39, 0.29) is 38.2 Å². The first-order valence-electron chi connectivity index (χ1n) is 10.6. The molecule has 1 aromatic rings. The van der Waals surface area contributed by atoms with Crippen LogP contribution in [0.5, 0.6) is 5.88 Å². The molecule has 0 N–H and O–H groups in total. The highest BCUT2D eigenvalue weighted by Crippen LogP contribution is 2.72. The van der Waals surface area contributed by atoms with Gasteiger partial charge in [0.25, 0.3) is 0 Å². The number of aromatic nitrogens is 1. The standard InChI is InChI=1S/C23H28Cl2N2O3/c1-15-6-7-17-22(2,3)23(17,12-15)14-30-21(28)18-16(24)13-26-20(19(18)25)29-11-10-27-8-4-5-9-27/h13,15,17H,4-5,8-12,14H2,1-3H3. The van der Waals surface area contributed by atoms with Gasteiger partial charge in [0.2, 0.25) is 5.88 Å². The van der Waals surface area contributed by atoms with E-state index in [9.17, 15) is 4.79 Å². The molecule has 2 aliphatic carbocycles. The SMILES string of the molecule is CC1C#CC2C(C)(C)C2(COC(=O)c2c(Cl)cnc(OCCN3CCCC3)c2Cl)C1. The number of carbonyl (C=O) groups excluding carboxylic acids is 1. The molecule has 3 aliphatic rings. The van der Waals surface area contributed by atoms with E-state index in [2.05, 4.69) is 42.5 Å². The summed E-state index contributed by atoms with van der Waals surface area (Å²) in [5.74, 6) is 6.85. The van der Waals surface area contributed by atoms with Crippen molar-refractivity contribution in [3.05, 3.63) is 21.8 Å². The highest BCUT2D eigenvalue weighted by molar-refractivity contribution is 6.39. The van der Waals surface area contributed by atoms with E-state index in [0.29, 0.717) is 19.1 Å². The first kappa shape index (κ1) is 21.7. The van der Waals surface area contributed by atoms with Crippen molar-refractivity contribution in [3.8, 4) is 17.7 Å². The third kappa shape index (κ3) is 3.79. The summed E-state index contributed by atoms with van der Waals surface area (Å²) >= 11 is 12.7. The number of rotatable bonds is 7. The van der Waals surface area contributed by atoms with Crippen LogP contribution in [0.1, 0.15) is 50.4 Å². The summed E-state index contributed by atoms with van der Waals surface area (Å²) in [5, 5.41) is 0.271. The zero-order chi connectivity index (χ0) is 21.5. The van der Waals surface area contributed by atoms with Crippen LogP contribution in [-0.2, 0) is 4.74 Å². The highest BCUT2D eigenvalue weighted by Gasteiger charge is 2.71. The Hall–Kier alpha value is -1.48. The minimum atomic E-state index is -0.543. The fourth-order valence-corrected chi connectivity index (χ4v) is 5.62. The molecule has 1 aliphatic heterocycles. The van der Waals surface area contributed by atoms with Crippen molar-refractivity contribution >= 4 is 29.2 Å². The smallest absolute Gasteiger partial charge is 0.341 e. The summed E-state index contributed by atoms with van der Waals surface area (Å²) < 4.78 is 11.5. The molecular weight excluding hydrogens is 423 g/mol. The number of hydrogen-bond acceptors (Lipinski definition) is 5. The van der Waals surface area contributed by atoms with Crippen LogP contribution in [0.3, 0.4) is 0 Å². The summed E-state index contributed by atoms with van der Waals surface area (Å²) in [7, 11) is 0. The maximum absolute atomic E-state index is 12.9. The molecule has 2 heterocycles. The van der Waals surface area contributed by atoms with Gasteiger partial charge in [0, 0.05) is 23.8 Å². The Kier molecular flexibility index (Phi) is 5.96. The number of fused-ring (bicyclic) bond motifs is 1. The molecule has 0 bridgehead atoms. The molecule has 0 spiro atoms. The largest absolute Gasteiger partial charge is 0.475 e. The predicted octanol–water partition coefficient (Wildman–Crippen LogP) is 4.71. The van der Waals surface area contributed by atoms with Gasteiger partial charge in [-0.3, -0.25) is 4.90 Å². The number of esters is 1. The number of ether oxygens (including phenoxy) is 2. The van der Waals surface area contributed by atoms with Crippen molar-refractivity contribution in [1.29, 1.82) is 0 Å². The lowest BCUT2D eigenvalue weighted by atomic mass is 9.85. The van der Waals surface area contributed by atoms with E-state index in [1.807, 2.05) is 0 Å². The van der Waals surface area contributed by atoms with Crippen LogP contribution >= 0.6 is 23.2 Å². The van der Waals surface area contributed by atoms with Crippen molar-refractivity contribution < 1.29 is 14.3 Å². The summed E-state index contributed by atoms with van der Waals surface area (Å²) in [6.45, 7) is 10.2. The van der Waals surface area contributed by atoms with Crippen molar-refractivity contribution in [2.75, 3.05) is 32.8 Å². The van der Waals surface area contributed by atoms with E-state index in [1.165, 1.54) is 19.0 Å². The van der Waals surface area contributed by atoms with Gasteiger partial charge < -0.3 is 9.47 Å². The zero-order valence-corrected chi connectivity index (χ0v) is 19.3. The molecule has 0 aromatic carbocycles. The summed E-state index contributed by atoms with van der Waals surface area (Å²) in [6.07, 6.45) is 4.76. The third-order valence-corrected chi connectivity index (χ3v) is 7.71. The van der Waals surface area contributed by atoms with Gasteiger partial charge in [0.15, 0.2) is 0 Å². The van der Waals surface area contributed by atoms with E-state index >= 15 is 0 Å². The number of halogens is 2. The van der Waals surface area contributed by atoms with Crippen molar-refractivity contribution in [1.82, 2.24) is 9.88 Å². The van der Waals surface area contributed by atoms with Gasteiger partial charge in [-0.2, -0.15) is 0 Å². The van der Waals surface area contributed by atoms with E-state index < -0.39 is 5.97 Å².